The number of nitrogens with one attached hydrogen (secondary N) is 1. The molecule has 2 heterocycles. The number of carbonyl (C=O) groups is 3. The molecular formula is C44H61N4O4+. The van der Waals surface area contributed by atoms with E-state index >= 15 is 0 Å². The molecule has 52 heavy (non-hydrogen) atoms. The Morgan fingerprint density at radius 1 is 0.654 bits per heavy atom. The number of carbonyl (C=O) groups excluding carboxylic acids is 3. The number of hydrogen-bond acceptors (Lipinski definition) is 5. The van der Waals surface area contributed by atoms with Crippen LogP contribution < -0.4 is 5.32 Å². The molecule has 3 aromatic carbocycles. The first-order chi connectivity index (χ1) is 25.3. The zero-order valence-corrected chi connectivity index (χ0v) is 31.6. The van der Waals surface area contributed by atoms with Crippen LogP contribution in [0, 0.1) is 0 Å². The number of fused-ring (bicyclic) bond motifs is 1. The fraction of sp³-hybridized carbons (Fsp3) is 0.523. The van der Waals surface area contributed by atoms with Crippen molar-refractivity contribution < 1.29 is 23.6 Å². The van der Waals surface area contributed by atoms with Crippen molar-refractivity contribution in [1.82, 2.24) is 15.1 Å². The van der Waals surface area contributed by atoms with Gasteiger partial charge in [0, 0.05) is 19.6 Å². The number of rotatable bonds is 21. The van der Waals surface area contributed by atoms with Crippen molar-refractivity contribution in [3.05, 3.63) is 107 Å². The van der Waals surface area contributed by atoms with E-state index in [1.165, 1.54) is 69.2 Å². The topological polar surface area (TPSA) is 79.0 Å². The Morgan fingerprint density at radius 3 is 1.63 bits per heavy atom. The van der Waals surface area contributed by atoms with Crippen LogP contribution in [0.3, 0.4) is 0 Å². The number of amides is 3. The van der Waals surface area contributed by atoms with Crippen molar-refractivity contribution in [2.45, 2.75) is 95.6 Å². The minimum Gasteiger partial charge on any atom is -0.446 e. The lowest BCUT2D eigenvalue weighted by Gasteiger charge is -2.32. The molecule has 1 saturated heterocycles. The molecule has 2 aliphatic rings. The van der Waals surface area contributed by atoms with Crippen molar-refractivity contribution in [3.63, 3.8) is 0 Å². The van der Waals surface area contributed by atoms with Crippen molar-refractivity contribution in [3.8, 4) is 0 Å². The van der Waals surface area contributed by atoms with Gasteiger partial charge in [-0.3, -0.25) is 14.5 Å². The number of hydrogen-bond donors (Lipinski definition) is 1. The van der Waals surface area contributed by atoms with Crippen LogP contribution in [0.2, 0.25) is 0 Å². The minimum atomic E-state index is -0.342. The van der Waals surface area contributed by atoms with Gasteiger partial charge in [0.15, 0.2) is 0 Å². The van der Waals surface area contributed by atoms with Gasteiger partial charge in [-0.1, -0.05) is 111 Å². The van der Waals surface area contributed by atoms with Crippen LogP contribution in [-0.2, 0) is 4.74 Å². The predicted molar refractivity (Wildman–Crippen MR) is 208 cm³/mol. The molecule has 0 atom stereocenters. The Bertz CT molecular complexity index is 1460. The number of benzene rings is 3. The first-order valence-corrected chi connectivity index (χ1v) is 19.9. The summed E-state index contributed by atoms with van der Waals surface area (Å²) in [6, 6.07) is 27.0. The smallest absolute Gasteiger partial charge is 0.408 e. The molecule has 8 heteroatoms. The molecule has 0 saturated carbocycles. The van der Waals surface area contributed by atoms with Crippen LogP contribution in [0.5, 0.6) is 0 Å². The van der Waals surface area contributed by atoms with E-state index < -0.39 is 0 Å². The molecule has 0 unspecified atom stereocenters. The molecule has 8 nitrogen and oxygen atoms in total. The number of likely N-dealkylation sites (tertiary alicyclic amines) is 1. The van der Waals surface area contributed by atoms with Crippen LogP contribution >= 0.6 is 0 Å². The molecule has 5 rings (SSSR count). The Balaban J connectivity index is 0.832. The van der Waals surface area contributed by atoms with Crippen molar-refractivity contribution in [2.75, 3.05) is 53.4 Å². The lowest BCUT2D eigenvalue weighted by molar-refractivity contribution is -0.890. The van der Waals surface area contributed by atoms with Gasteiger partial charge in [-0.05, 0) is 74.8 Å². The number of unbranched alkanes of at least 4 members (excludes halogenated alkanes) is 9. The third-order valence-corrected chi connectivity index (χ3v) is 10.8. The molecule has 0 bridgehead atoms. The number of alkyl carbamates (subject to hydrolysis) is 1. The maximum atomic E-state index is 12.9. The van der Waals surface area contributed by atoms with Crippen molar-refractivity contribution in [2.24, 2.45) is 0 Å². The summed E-state index contributed by atoms with van der Waals surface area (Å²) in [7, 11) is 4.59. The highest BCUT2D eigenvalue weighted by Gasteiger charge is 2.34. The second-order valence-corrected chi connectivity index (χ2v) is 15.4. The van der Waals surface area contributed by atoms with E-state index in [0.29, 0.717) is 17.7 Å². The fourth-order valence-electron chi connectivity index (χ4n) is 7.68. The first-order valence-electron chi connectivity index (χ1n) is 19.9. The average Bonchev–Trinajstić information content (AvgIpc) is 3.40. The van der Waals surface area contributed by atoms with Gasteiger partial charge < -0.3 is 19.4 Å². The van der Waals surface area contributed by atoms with Crippen molar-refractivity contribution in [1.29, 1.82) is 0 Å². The zero-order chi connectivity index (χ0) is 36.6. The zero-order valence-electron chi connectivity index (χ0n) is 31.6. The van der Waals surface area contributed by atoms with Gasteiger partial charge in [-0.25, -0.2) is 4.79 Å². The number of imide groups is 1. The highest BCUT2D eigenvalue weighted by Crippen LogP contribution is 2.24. The van der Waals surface area contributed by atoms with E-state index in [4.69, 9.17) is 4.74 Å². The van der Waals surface area contributed by atoms with E-state index in [9.17, 15) is 14.4 Å². The highest BCUT2D eigenvalue weighted by molar-refractivity contribution is 6.21. The van der Waals surface area contributed by atoms with Gasteiger partial charge in [0.25, 0.3) is 11.8 Å². The number of piperidine rings is 1. The van der Waals surface area contributed by atoms with E-state index in [1.54, 1.807) is 12.1 Å². The normalized spacial score (nSPS) is 15.3. The summed E-state index contributed by atoms with van der Waals surface area (Å²) in [6.45, 7) is 5.87. The number of quaternary nitrogens is 1. The number of nitrogens with zero attached hydrogens (tertiary/aromatic N) is 3. The third kappa shape index (κ3) is 12.0. The highest BCUT2D eigenvalue weighted by atomic mass is 16.6. The molecule has 3 aromatic rings. The van der Waals surface area contributed by atoms with E-state index in [2.05, 4.69) is 24.3 Å². The lowest BCUT2D eigenvalue weighted by Crippen LogP contribution is -2.41. The van der Waals surface area contributed by atoms with Gasteiger partial charge in [0.2, 0.25) is 0 Å². The summed E-state index contributed by atoms with van der Waals surface area (Å²) in [6.07, 6.45) is 15.0. The van der Waals surface area contributed by atoms with E-state index in [0.717, 1.165) is 67.5 Å². The van der Waals surface area contributed by atoms with Crippen LogP contribution in [0.15, 0.2) is 84.9 Å². The Labute approximate surface area is 312 Å². The number of ether oxygens (including phenoxy) is 1. The van der Waals surface area contributed by atoms with Crippen LogP contribution in [0.1, 0.15) is 121 Å². The van der Waals surface area contributed by atoms with E-state index in [-0.39, 0.29) is 30.1 Å². The lowest BCUT2D eigenvalue weighted by atomic mass is 9.99. The molecule has 1 N–H and O–H groups in total. The molecule has 1 fully saturated rings. The standard InChI is InChI=1S/C44H60N4O4/c1-48(2,35-21-19-31-47-42(49)39-26-16-17-27-40(39)43(47)50)34-20-9-7-5-3-4-6-8-18-30-46-32-28-38(29-33-46)52-44(51)45-41(36-22-12-10-13-23-36)37-24-14-11-15-25-37/h10-17,22-27,38,41H,3-9,18-21,28-35H2,1-2H3/p+1. The summed E-state index contributed by atoms with van der Waals surface area (Å²) >= 11 is 0. The quantitative estimate of drug-likeness (QED) is 0.0681. The van der Waals surface area contributed by atoms with Gasteiger partial charge in [-0.15, -0.1) is 0 Å². The van der Waals surface area contributed by atoms with Gasteiger partial charge in [-0.2, -0.15) is 0 Å². The fourth-order valence-corrected chi connectivity index (χ4v) is 7.68. The molecule has 0 aliphatic carbocycles. The summed E-state index contributed by atoms with van der Waals surface area (Å²) in [5, 5.41) is 3.11. The summed E-state index contributed by atoms with van der Waals surface area (Å²) < 4.78 is 6.88. The molecular weight excluding hydrogens is 649 g/mol. The van der Waals surface area contributed by atoms with Gasteiger partial charge >= 0.3 is 6.09 Å². The first kappa shape index (κ1) is 39.2. The molecule has 0 aromatic heterocycles. The molecule has 0 spiro atoms. The van der Waals surface area contributed by atoms with Crippen molar-refractivity contribution >= 4 is 17.9 Å². The second kappa shape index (κ2) is 20.3. The minimum absolute atomic E-state index is 0.0290. The average molecular weight is 710 g/mol. The molecule has 2 aliphatic heterocycles. The molecule has 0 radical (unpaired) electrons. The van der Waals surface area contributed by atoms with Crippen LogP contribution in [0.4, 0.5) is 4.79 Å². The molecule has 3 amide bonds. The summed E-state index contributed by atoms with van der Waals surface area (Å²) in [4.78, 5) is 42.0. The summed E-state index contributed by atoms with van der Waals surface area (Å²) in [5.41, 5.74) is 3.17. The maximum absolute atomic E-state index is 12.9. The Morgan fingerprint density at radius 2 is 1.10 bits per heavy atom. The van der Waals surface area contributed by atoms with Crippen LogP contribution in [0.25, 0.3) is 0 Å². The van der Waals surface area contributed by atoms with E-state index in [1.807, 2.05) is 72.8 Å². The third-order valence-electron chi connectivity index (χ3n) is 10.8. The van der Waals surface area contributed by atoms with Gasteiger partial charge in [0.05, 0.1) is 44.4 Å². The van der Waals surface area contributed by atoms with Crippen LogP contribution in [-0.4, -0.2) is 91.7 Å². The molecule has 280 valence electrons. The predicted octanol–water partition coefficient (Wildman–Crippen LogP) is 8.63. The SMILES string of the molecule is C[N+](C)(CCCCCCCCCCCN1CCC(OC(=O)NC(c2ccccc2)c2ccccc2)CC1)CCCCN1C(=O)c2ccccc2C1=O. The largest absolute Gasteiger partial charge is 0.446 e. The maximum Gasteiger partial charge on any atom is 0.408 e. The summed E-state index contributed by atoms with van der Waals surface area (Å²) in [5.74, 6) is -0.289. The monoisotopic (exact) mass is 709 g/mol. The second-order valence-electron chi connectivity index (χ2n) is 15.4. The van der Waals surface area contributed by atoms with Gasteiger partial charge in [0.1, 0.15) is 6.10 Å². The Kier molecular flexibility index (Phi) is 15.3. The Hall–Kier alpha value is -4.01.